The summed E-state index contributed by atoms with van der Waals surface area (Å²) in [6.07, 6.45) is -0.0218. The van der Waals surface area contributed by atoms with Crippen LogP contribution < -0.4 is 10.9 Å². The molecule has 0 saturated carbocycles. The van der Waals surface area contributed by atoms with E-state index in [0.29, 0.717) is 0 Å². The molecule has 84 valence electrons. The summed E-state index contributed by atoms with van der Waals surface area (Å²) in [4.78, 5) is 0. The van der Waals surface area contributed by atoms with Crippen LogP contribution in [0.2, 0.25) is 5.02 Å². The molecule has 0 aliphatic carbocycles. The lowest BCUT2D eigenvalue weighted by Crippen LogP contribution is -2.18. The number of benzene rings is 1. The normalized spacial score (nSPS) is 11.7. The minimum absolute atomic E-state index is 0.0218. The smallest absolute Gasteiger partial charge is 0.209 e. The molecule has 0 amide bonds. The van der Waals surface area contributed by atoms with E-state index in [0.717, 1.165) is 0 Å². The zero-order valence-electron chi connectivity index (χ0n) is 7.70. The molecular formula is C8H10ClFN2O2S. The number of rotatable bonds is 3. The fraction of sp³-hybridized carbons (Fsp3) is 0.250. The number of aryl methyl sites for hydroxylation is 1. The molecule has 0 bridgehead atoms. The highest BCUT2D eigenvalue weighted by atomic mass is 35.5. The summed E-state index contributed by atoms with van der Waals surface area (Å²) >= 11 is 5.57. The maximum absolute atomic E-state index is 13.4. The third kappa shape index (κ3) is 3.33. The number of nitrogen functional groups attached to an aromatic ring is 1. The fourth-order valence-corrected chi connectivity index (χ4v) is 1.71. The van der Waals surface area contributed by atoms with Crippen molar-refractivity contribution in [2.45, 2.75) is 6.42 Å². The minimum Gasteiger partial charge on any atom is -0.395 e. The molecule has 0 aliphatic rings. The molecule has 1 rings (SSSR count). The van der Waals surface area contributed by atoms with Crippen LogP contribution in [0.5, 0.6) is 0 Å². The first-order valence-corrected chi connectivity index (χ1v) is 6.13. The Labute approximate surface area is 92.1 Å². The van der Waals surface area contributed by atoms with Crippen molar-refractivity contribution in [3.63, 3.8) is 0 Å². The Morgan fingerprint density at radius 1 is 1.40 bits per heavy atom. The zero-order chi connectivity index (χ0) is 11.6. The van der Waals surface area contributed by atoms with Crippen LogP contribution >= 0.6 is 11.6 Å². The van der Waals surface area contributed by atoms with Gasteiger partial charge in [-0.2, -0.15) is 0 Å². The fourth-order valence-electron chi connectivity index (χ4n) is 1.06. The summed E-state index contributed by atoms with van der Waals surface area (Å²) < 4.78 is 34.7. The van der Waals surface area contributed by atoms with Crippen LogP contribution in [-0.4, -0.2) is 14.2 Å². The monoisotopic (exact) mass is 252 g/mol. The van der Waals surface area contributed by atoms with E-state index in [2.05, 4.69) is 0 Å². The summed E-state index contributed by atoms with van der Waals surface area (Å²) in [6, 6.07) is 2.80. The number of hydrogen-bond acceptors (Lipinski definition) is 3. The number of nitrogens with two attached hydrogens (primary N) is 2. The van der Waals surface area contributed by atoms with Gasteiger partial charge in [0.1, 0.15) is 0 Å². The molecule has 0 atom stereocenters. The highest BCUT2D eigenvalue weighted by molar-refractivity contribution is 7.89. The molecule has 4 N–H and O–H groups in total. The van der Waals surface area contributed by atoms with Crippen LogP contribution in [-0.2, 0) is 16.4 Å². The molecule has 0 fully saturated rings. The summed E-state index contributed by atoms with van der Waals surface area (Å²) in [5.74, 6) is -1.02. The van der Waals surface area contributed by atoms with Gasteiger partial charge in [-0.05, 0) is 18.1 Å². The van der Waals surface area contributed by atoms with E-state index >= 15 is 0 Å². The van der Waals surface area contributed by atoms with Crippen LogP contribution in [0.25, 0.3) is 0 Å². The highest BCUT2D eigenvalue weighted by Gasteiger charge is 2.11. The molecule has 7 heteroatoms. The Balaban J connectivity index is 2.93. The van der Waals surface area contributed by atoms with Gasteiger partial charge in [0.25, 0.3) is 0 Å². The summed E-state index contributed by atoms with van der Waals surface area (Å²) in [7, 11) is -3.60. The lowest BCUT2D eigenvalue weighted by molar-refractivity contribution is 0.593. The van der Waals surface area contributed by atoms with Crippen LogP contribution in [0.15, 0.2) is 12.1 Å². The van der Waals surface area contributed by atoms with Gasteiger partial charge in [-0.1, -0.05) is 17.7 Å². The molecule has 1 aromatic carbocycles. The van der Waals surface area contributed by atoms with Crippen molar-refractivity contribution in [1.82, 2.24) is 0 Å². The molecule has 1 aromatic rings. The van der Waals surface area contributed by atoms with Crippen molar-refractivity contribution in [3.05, 3.63) is 28.5 Å². The molecule has 4 nitrogen and oxygen atoms in total. The number of anilines is 1. The molecule has 0 unspecified atom stereocenters. The van der Waals surface area contributed by atoms with Crippen molar-refractivity contribution in [3.8, 4) is 0 Å². The number of halogens is 2. The summed E-state index contributed by atoms with van der Waals surface area (Å²) in [5.41, 5.74) is 5.34. The van der Waals surface area contributed by atoms with Gasteiger partial charge in [0, 0.05) is 0 Å². The van der Waals surface area contributed by atoms with Gasteiger partial charge in [-0.15, -0.1) is 0 Å². The van der Waals surface area contributed by atoms with Gasteiger partial charge in [-0.3, -0.25) is 0 Å². The maximum atomic E-state index is 13.4. The van der Waals surface area contributed by atoms with Crippen molar-refractivity contribution in [2.24, 2.45) is 5.14 Å². The van der Waals surface area contributed by atoms with E-state index in [1.54, 1.807) is 0 Å². The largest absolute Gasteiger partial charge is 0.395 e. The van der Waals surface area contributed by atoms with E-state index in [-0.39, 0.29) is 28.4 Å². The second-order valence-electron chi connectivity index (χ2n) is 3.05. The quantitative estimate of drug-likeness (QED) is 0.784. The Bertz CT molecular complexity index is 476. The molecule has 0 aromatic heterocycles. The topological polar surface area (TPSA) is 86.2 Å². The molecule has 0 saturated heterocycles. The minimum atomic E-state index is -3.60. The molecular weight excluding hydrogens is 243 g/mol. The number of sulfonamides is 1. The van der Waals surface area contributed by atoms with Crippen molar-refractivity contribution in [1.29, 1.82) is 0 Å². The Morgan fingerprint density at radius 3 is 2.53 bits per heavy atom. The SMILES string of the molecule is Nc1c(Cl)ccc(CCS(N)(=O)=O)c1F. The van der Waals surface area contributed by atoms with E-state index in [4.69, 9.17) is 22.5 Å². The Kier molecular flexibility index (Phi) is 3.54. The molecule has 0 aliphatic heterocycles. The van der Waals surface area contributed by atoms with Gasteiger partial charge in [0.15, 0.2) is 5.82 Å². The summed E-state index contributed by atoms with van der Waals surface area (Å²) in [6.45, 7) is 0. The highest BCUT2D eigenvalue weighted by Crippen LogP contribution is 2.24. The van der Waals surface area contributed by atoms with Crippen molar-refractivity contribution >= 4 is 27.3 Å². The van der Waals surface area contributed by atoms with E-state index < -0.39 is 15.8 Å². The third-order valence-electron chi connectivity index (χ3n) is 1.86. The zero-order valence-corrected chi connectivity index (χ0v) is 9.28. The van der Waals surface area contributed by atoms with E-state index in [1.807, 2.05) is 0 Å². The van der Waals surface area contributed by atoms with Crippen LogP contribution in [0.4, 0.5) is 10.1 Å². The lowest BCUT2D eigenvalue weighted by Gasteiger charge is -2.05. The van der Waals surface area contributed by atoms with Gasteiger partial charge in [-0.25, -0.2) is 17.9 Å². The Morgan fingerprint density at radius 2 is 2.00 bits per heavy atom. The van der Waals surface area contributed by atoms with Gasteiger partial charge in [0.2, 0.25) is 10.0 Å². The molecule has 15 heavy (non-hydrogen) atoms. The molecule has 0 radical (unpaired) electrons. The molecule has 0 heterocycles. The van der Waals surface area contributed by atoms with E-state index in [9.17, 15) is 12.8 Å². The van der Waals surface area contributed by atoms with Gasteiger partial charge < -0.3 is 5.73 Å². The van der Waals surface area contributed by atoms with Gasteiger partial charge >= 0.3 is 0 Å². The van der Waals surface area contributed by atoms with Crippen molar-refractivity contribution < 1.29 is 12.8 Å². The first-order chi connectivity index (χ1) is 6.81. The predicted octanol–water partition coefficient (Wildman–Crippen LogP) is 0.892. The van der Waals surface area contributed by atoms with Gasteiger partial charge in [0.05, 0.1) is 16.5 Å². The van der Waals surface area contributed by atoms with Crippen molar-refractivity contribution in [2.75, 3.05) is 11.5 Å². The molecule has 0 spiro atoms. The average Bonchev–Trinajstić information content (AvgIpc) is 2.12. The maximum Gasteiger partial charge on any atom is 0.209 e. The second kappa shape index (κ2) is 4.34. The third-order valence-corrected chi connectivity index (χ3v) is 2.97. The number of hydrogen-bond donors (Lipinski definition) is 2. The lowest BCUT2D eigenvalue weighted by atomic mass is 10.1. The Hall–Kier alpha value is -0.850. The summed E-state index contributed by atoms with van der Waals surface area (Å²) in [5, 5.41) is 4.90. The standard InChI is InChI=1S/C8H10ClFN2O2S/c9-6-2-1-5(7(10)8(6)11)3-4-15(12,13)14/h1-2H,3-4,11H2,(H2,12,13,14). The van der Waals surface area contributed by atoms with Crippen LogP contribution in [0.1, 0.15) is 5.56 Å². The average molecular weight is 253 g/mol. The first kappa shape index (κ1) is 12.2. The predicted molar refractivity (Wildman–Crippen MR) is 57.5 cm³/mol. The van der Waals surface area contributed by atoms with E-state index in [1.165, 1.54) is 12.1 Å². The number of primary sulfonamides is 1. The van der Waals surface area contributed by atoms with Crippen LogP contribution in [0, 0.1) is 5.82 Å². The first-order valence-electron chi connectivity index (χ1n) is 4.04. The second-order valence-corrected chi connectivity index (χ2v) is 5.19. The van der Waals surface area contributed by atoms with Crippen LogP contribution in [0.3, 0.4) is 0 Å².